The average molecular weight is 490 g/mol. The number of nitrogens with one attached hydrogen (secondary N) is 3. The van der Waals surface area contributed by atoms with Gasteiger partial charge in [0.2, 0.25) is 0 Å². The van der Waals surface area contributed by atoms with Gasteiger partial charge in [-0.25, -0.2) is 14.2 Å². The summed E-state index contributed by atoms with van der Waals surface area (Å²) in [6.07, 6.45) is 7.96. The van der Waals surface area contributed by atoms with Crippen LogP contribution in [0.3, 0.4) is 0 Å². The van der Waals surface area contributed by atoms with E-state index in [1.165, 1.54) is 12.1 Å². The summed E-state index contributed by atoms with van der Waals surface area (Å²) in [6.45, 7) is 4.09. The number of hydrogen-bond donors (Lipinski definition) is 4. The Morgan fingerprint density at radius 1 is 1.17 bits per heavy atom. The van der Waals surface area contributed by atoms with Crippen molar-refractivity contribution in [3.05, 3.63) is 101 Å². The number of nitrogens with zero attached hydrogens (tertiary/aromatic N) is 2. The van der Waals surface area contributed by atoms with E-state index < -0.39 is 23.7 Å². The maximum Gasteiger partial charge on any atom is 0.326 e. The van der Waals surface area contributed by atoms with Crippen molar-refractivity contribution < 1.29 is 19.1 Å². The van der Waals surface area contributed by atoms with E-state index >= 15 is 0 Å². The summed E-state index contributed by atoms with van der Waals surface area (Å²) < 4.78 is 15.7. The predicted molar refractivity (Wildman–Crippen MR) is 135 cm³/mol. The van der Waals surface area contributed by atoms with Crippen LogP contribution < -0.4 is 10.6 Å². The maximum atomic E-state index is 13.8. The monoisotopic (exact) mass is 489 g/mol. The van der Waals surface area contributed by atoms with Crippen molar-refractivity contribution in [1.82, 2.24) is 19.9 Å². The van der Waals surface area contributed by atoms with E-state index in [0.717, 1.165) is 16.8 Å². The van der Waals surface area contributed by atoms with Crippen LogP contribution in [0.15, 0.2) is 67.3 Å². The molecule has 2 aromatic heterocycles. The van der Waals surface area contributed by atoms with Crippen LogP contribution >= 0.6 is 0 Å². The number of carboxylic acids is 1. The topological polar surface area (TPSA) is 112 Å². The van der Waals surface area contributed by atoms with Gasteiger partial charge < -0.3 is 25.3 Å². The number of rotatable bonds is 10. The Balaban J connectivity index is 1.42. The molecule has 0 spiro atoms. The number of carboxylic acid groups (broad SMARTS) is 1. The van der Waals surface area contributed by atoms with Crippen LogP contribution in [0.2, 0.25) is 0 Å². The molecule has 0 aliphatic rings. The number of benzene rings is 2. The number of amides is 1. The largest absolute Gasteiger partial charge is 0.480 e. The molecule has 1 unspecified atom stereocenters. The van der Waals surface area contributed by atoms with Crippen LogP contribution in [0.5, 0.6) is 0 Å². The van der Waals surface area contributed by atoms with Crippen LogP contribution in [-0.4, -0.2) is 37.6 Å². The number of hydrogen-bond acceptors (Lipinski definition) is 4. The molecule has 0 aliphatic carbocycles. The first-order valence-electron chi connectivity index (χ1n) is 11.7. The number of aryl methyl sites for hydroxylation is 2. The molecule has 2 aromatic carbocycles. The summed E-state index contributed by atoms with van der Waals surface area (Å²) in [5, 5.41) is 15.5. The Hall–Kier alpha value is -4.40. The summed E-state index contributed by atoms with van der Waals surface area (Å²) in [4.78, 5) is 32.0. The lowest BCUT2D eigenvalue weighted by Crippen LogP contribution is -2.42. The zero-order valence-corrected chi connectivity index (χ0v) is 20.1. The SMILES string of the molecule is CCc1cc(F)cc(C)c1C(=O)NC(Cc1ccc(-n2ccc(CNc3ncc[nH]3)c2)cc1)C(=O)O. The van der Waals surface area contributed by atoms with Crippen molar-refractivity contribution in [3.8, 4) is 5.69 Å². The minimum Gasteiger partial charge on any atom is -0.480 e. The van der Waals surface area contributed by atoms with Gasteiger partial charge in [0.05, 0.1) is 0 Å². The molecule has 0 saturated carbocycles. The van der Waals surface area contributed by atoms with Gasteiger partial charge >= 0.3 is 5.97 Å². The highest BCUT2D eigenvalue weighted by molar-refractivity contribution is 5.99. The second-order valence-corrected chi connectivity index (χ2v) is 8.56. The Morgan fingerprint density at radius 2 is 1.94 bits per heavy atom. The molecule has 4 N–H and O–H groups in total. The lowest BCUT2D eigenvalue weighted by molar-refractivity contribution is -0.139. The molecule has 36 heavy (non-hydrogen) atoms. The molecule has 4 aromatic rings. The van der Waals surface area contributed by atoms with Crippen molar-refractivity contribution in [2.75, 3.05) is 5.32 Å². The van der Waals surface area contributed by atoms with Crippen molar-refractivity contribution in [3.63, 3.8) is 0 Å². The molecular weight excluding hydrogens is 461 g/mol. The van der Waals surface area contributed by atoms with E-state index in [-0.39, 0.29) is 6.42 Å². The molecule has 4 rings (SSSR count). The van der Waals surface area contributed by atoms with Crippen LogP contribution in [-0.2, 0) is 24.2 Å². The van der Waals surface area contributed by atoms with Gasteiger partial charge in [0.25, 0.3) is 5.91 Å². The van der Waals surface area contributed by atoms with Gasteiger partial charge in [-0.1, -0.05) is 19.1 Å². The second kappa shape index (κ2) is 10.9. The number of H-pyrrole nitrogens is 1. The minimum atomic E-state index is -1.13. The minimum absolute atomic E-state index is 0.118. The first-order chi connectivity index (χ1) is 17.3. The Bertz CT molecular complexity index is 1350. The summed E-state index contributed by atoms with van der Waals surface area (Å²) in [5.74, 6) is -1.37. The number of aromatic amines is 1. The number of carbonyl (C=O) groups is 2. The van der Waals surface area contributed by atoms with E-state index in [2.05, 4.69) is 20.6 Å². The highest BCUT2D eigenvalue weighted by Crippen LogP contribution is 2.19. The van der Waals surface area contributed by atoms with Gasteiger partial charge in [0.1, 0.15) is 11.9 Å². The Kier molecular flexibility index (Phi) is 7.48. The van der Waals surface area contributed by atoms with Crippen molar-refractivity contribution >= 4 is 17.8 Å². The third-order valence-electron chi connectivity index (χ3n) is 5.98. The molecule has 0 aliphatic heterocycles. The lowest BCUT2D eigenvalue weighted by Gasteiger charge is -2.18. The highest BCUT2D eigenvalue weighted by atomic mass is 19.1. The third-order valence-corrected chi connectivity index (χ3v) is 5.98. The summed E-state index contributed by atoms with van der Waals surface area (Å²) in [7, 11) is 0. The third kappa shape index (κ3) is 5.80. The molecule has 9 heteroatoms. The van der Waals surface area contributed by atoms with Crippen LogP contribution in [0, 0.1) is 12.7 Å². The zero-order chi connectivity index (χ0) is 25.7. The number of anilines is 1. The molecular formula is C27H28FN5O3. The quantitative estimate of drug-likeness (QED) is 0.266. The molecule has 2 heterocycles. The molecule has 0 fully saturated rings. The maximum absolute atomic E-state index is 13.8. The lowest BCUT2D eigenvalue weighted by atomic mass is 9.98. The number of carbonyl (C=O) groups excluding carboxylic acids is 1. The van der Waals surface area contributed by atoms with Crippen molar-refractivity contribution in [1.29, 1.82) is 0 Å². The van der Waals surface area contributed by atoms with Gasteiger partial charge in [-0.05, 0) is 65.9 Å². The van der Waals surface area contributed by atoms with E-state index in [4.69, 9.17) is 0 Å². The molecule has 186 valence electrons. The van der Waals surface area contributed by atoms with Crippen LogP contribution in [0.25, 0.3) is 5.69 Å². The van der Waals surface area contributed by atoms with Crippen LogP contribution in [0.4, 0.5) is 10.3 Å². The van der Waals surface area contributed by atoms with Gasteiger partial charge in [-0.3, -0.25) is 4.79 Å². The first-order valence-corrected chi connectivity index (χ1v) is 11.7. The predicted octanol–water partition coefficient (Wildman–Crippen LogP) is 4.25. The van der Waals surface area contributed by atoms with Gasteiger partial charge in [-0.15, -0.1) is 0 Å². The van der Waals surface area contributed by atoms with Gasteiger partial charge in [0.15, 0.2) is 5.95 Å². The van der Waals surface area contributed by atoms with E-state index in [1.807, 2.05) is 54.2 Å². The number of imidazole rings is 1. The Labute approximate surface area is 208 Å². The fourth-order valence-electron chi connectivity index (χ4n) is 4.14. The normalized spacial score (nSPS) is 11.8. The molecule has 0 bridgehead atoms. The van der Waals surface area contributed by atoms with E-state index in [0.29, 0.717) is 35.6 Å². The number of halogens is 1. The summed E-state index contributed by atoms with van der Waals surface area (Å²) in [6, 6.07) is 11.0. The average Bonchev–Trinajstić information content (AvgIpc) is 3.54. The molecule has 1 amide bonds. The molecule has 0 radical (unpaired) electrons. The second-order valence-electron chi connectivity index (χ2n) is 8.56. The fourth-order valence-corrected chi connectivity index (χ4v) is 4.14. The van der Waals surface area contributed by atoms with Gasteiger partial charge in [0, 0.05) is 49.0 Å². The van der Waals surface area contributed by atoms with Crippen molar-refractivity contribution in [2.24, 2.45) is 0 Å². The fraction of sp³-hybridized carbons (Fsp3) is 0.222. The standard InChI is InChI=1S/C27H28FN5O3/c1-3-20-14-21(28)12-17(2)24(20)25(34)32-23(26(35)36)13-18-4-6-22(7-5-18)33-11-8-19(16-33)15-31-27-29-9-10-30-27/h4-12,14,16,23H,3,13,15H2,1-2H3,(H,32,34)(H,35,36)(H2,29,30,31). The summed E-state index contributed by atoms with van der Waals surface area (Å²) in [5.41, 5.74) is 4.11. The molecule has 8 nitrogen and oxygen atoms in total. The summed E-state index contributed by atoms with van der Waals surface area (Å²) >= 11 is 0. The van der Waals surface area contributed by atoms with Gasteiger partial charge in [-0.2, -0.15) is 0 Å². The first kappa shape index (κ1) is 24.7. The van der Waals surface area contributed by atoms with E-state index in [9.17, 15) is 19.1 Å². The number of aliphatic carboxylic acids is 1. The molecule has 0 saturated heterocycles. The van der Waals surface area contributed by atoms with Crippen molar-refractivity contribution in [2.45, 2.75) is 39.3 Å². The van der Waals surface area contributed by atoms with Crippen LogP contribution in [0.1, 0.15) is 39.5 Å². The zero-order valence-electron chi connectivity index (χ0n) is 20.1. The van der Waals surface area contributed by atoms with E-state index in [1.54, 1.807) is 19.3 Å². The highest BCUT2D eigenvalue weighted by Gasteiger charge is 2.24. The number of aromatic nitrogens is 3. The Morgan fingerprint density at radius 3 is 2.61 bits per heavy atom. The molecule has 1 atom stereocenters. The smallest absolute Gasteiger partial charge is 0.326 e.